The number of thiol groups is 2. The molecule has 0 bridgehead atoms. The van der Waals surface area contributed by atoms with Crippen molar-refractivity contribution in [2.45, 2.75) is 142 Å². The smallest absolute Gasteiger partial charge is 0.0622 e. The summed E-state index contributed by atoms with van der Waals surface area (Å²) in [4.78, 5) is 11.0. The molecule has 0 saturated heterocycles. The van der Waals surface area contributed by atoms with Crippen molar-refractivity contribution in [3.8, 4) is 0 Å². The summed E-state index contributed by atoms with van der Waals surface area (Å²) in [6.45, 7) is 2.28. The van der Waals surface area contributed by atoms with E-state index < -0.39 is 5.23 Å². The van der Waals surface area contributed by atoms with E-state index in [0.717, 1.165) is 25.2 Å². The van der Waals surface area contributed by atoms with Crippen molar-refractivity contribution >= 4 is 29.7 Å². The molecule has 0 atom stereocenters. The molecule has 0 aliphatic heterocycles. The molecule has 0 aliphatic rings. The third kappa shape index (κ3) is 20.5. The Kier molecular flexibility index (Phi) is 19.4. The number of aryl methyl sites for hydroxylation is 1. The van der Waals surface area contributed by atoms with Crippen LogP contribution in [0.4, 0.5) is 0 Å². The van der Waals surface area contributed by atoms with Crippen LogP contribution in [0, 0.1) is 0 Å². The molecule has 34 heavy (non-hydrogen) atoms. The zero-order valence-electron chi connectivity index (χ0n) is 22.4. The van der Waals surface area contributed by atoms with Gasteiger partial charge < -0.3 is 0 Å². The average Bonchev–Trinajstić information content (AvgIpc) is 2.81. The zero-order chi connectivity index (χ0) is 24.8. The first-order valence-corrected chi connectivity index (χ1v) is 19.6. The molecule has 1 aromatic carbocycles. The van der Waals surface area contributed by atoms with Crippen LogP contribution in [0.25, 0.3) is 0 Å². The van der Waals surface area contributed by atoms with Crippen LogP contribution in [-0.2, 0) is 6.42 Å². The summed E-state index contributed by atoms with van der Waals surface area (Å²) in [6, 6.07) is 10.9. The molecule has 0 heterocycles. The number of benzene rings is 1. The molecule has 0 aromatic heterocycles. The van der Waals surface area contributed by atoms with Crippen molar-refractivity contribution in [3.63, 3.8) is 0 Å². The molecule has 4 heteroatoms. The van der Waals surface area contributed by atoms with Gasteiger partial charge in [-0.3, -0.25) is 0 Å². The minimum absolute atomic E-state index is 0.816. The van der Waals surface area contributed by atoms with Crippen LogP contribution in [0.2, 0.25) is 0 Å². The second kappa shape index (κ2) is 20.4. The van der Waals surface area contributed by atoms with E-state index in [1.54, 1.807) is 0 Å². The zero-order valence-corrected chi connectivity index (χ0v) is 25.1. The van der Waals surface area contributed by atoms with E-state index in [-0.39, 0.29) is 0 Å². The van der Waals surface area contributed by atoms with Gasteiger partial charge in [0.2, 0.25) is 0 Å². The van der Waals surface area contributed by atoms with Crippen LogP contribution in [0.5, 0.6) is 0 Å². The molecule has 0 aliphatic carbocycles. The summed E-state index contributed by atoms with van der Waals surface area (Å²) in [6.07, 6.45) is 29.2. The minimum Gasteiger partial charge on any atom is -0.0622 e. The van der Waals surface area contributed by atoms with Crippen LogP contribution in [0.1, 0.15) is 141 Å². The summed E-state index contributed by atoms with van der Waals surface area (Å²) >= 11 is 9.41. The molecule has 0 spiro atoms. The predicted molar refractivity (Wildman–Crippen MR) is 165 cm³/mol. The number of hydrogen-bond acceptors (Lipinski definition) is 3. The van der Waals surface area contributed by atoms with Gasteiger partial charge in [-0.25, -0.2) is 0 Å². The number of unbranched alkanes of at least 4 members (excludes halogenated alkanes) is 18. The molecular formula is C30H57OPS2. The first kappa shape index (κ1) is 32.3. The molecule has 0 unspecified atom stereocenters. The van der Waals surface area contributed by atoms with Gasteiger partial charge in [0, 0.05) is 0 Å². The van der Waals surface area contributed by atoms with Crippen molar-refractivity contribution in [2.24, 2.45) is 0 Å². The number of rotatable bonds is 24. The Hall–Kier alpha value is 0.310. The van der Waals surface area contributed by atoms with Crippen molar-refractivity contribution < 1.29 is 4.89 Å². The second-order valence-corrected chi connectivity index (χ2v) is 20.9. The Morgan fingerprint density at radius 1 is 0.529 bits per heavy atom. The van der Waals surface area contributed by atoms with Crippen molar-refractivity contribution in [2.75, 3.05) is 12.3 Å². The number of hydrogen-bond donors (Lipinski definition) is 3. The molecule has 0 radical (unpaired) electrons. The van der Waals surface area contributed by atoms with Crippen molar-refractivity contribution in [1.29, 1.82) is 0 Å². The van der Waals surface area contributed by atoms with Crippen LogP contribution in [0.15, 0.2) is 30.3 Å². The average molecular weight is 529 g/mol. The molecule has 0 fully saturated rings. The van der Waals surface area contributed by atoms with Gasteiger partial charge in [-0.1, -0.05) is 30.3 Å². The van der Waals surface area contributed by atoms with Crippen molar-refractivity contribution in [1.82, 2.24) is 0 Å². The molecule has 1 aromatic rings. The second-order valence-electron chi connectivity index (χ2n) is 10.7. The molecule has 1 nitrogen and oxygen atoms in total. The Morgan fingerprint density at radius 2 is 0.882 bits per heavy atom. The van der Waals surface area contributed by atoms with Crippen LogP contribution >= 0.6 is 29.7 Å². The topological polar surface area (TPSA) is 20.2 Å². The predicted octanol–water partition coefficient (Wildman–Crippen LogP) is 11.2. The van der Waals surface area contributed by atoms with E-state index in [1.165, 1.54) is 128 Å². The molecule has 200 valence electrons. The summed E-state index contributed by atoms with van der Waals surface area (Å²) in [7, 11) is 0. The van der Waals surface area contributed by atoms with E-state index >= 15 is 0 Å². The Balaban J connectivity index is 1.87. The first-order chi connectivity index (χ1) is 16.4. The SMILES string of the molecule is CCCCCCCCCCCCP(O)(S)(S)CCCCCCCCCCCCc1ccccc1. The Morgan fingerprint density at radius 3 is 1.29 bits per heavy atom. The van der Waals surface area contributed by atoms with E-state index in [0.29, 0.717) is 0 Å². The summed E-state index contributed by atoms with van der Waals surface area (Å²) in [5, 5.41) is -3.00. The molecule has 1 N–H and O–H groups in total. The van der Waals surface area contributed by atoms with Gasteiger partial charge in [0.05, 0.1) is 0 Å². The van der Waals surface area contributed by atoms with Crippen molar-refractivity contribution in [3.05, 3.63) is 35.9 Å². The standard InChI is InChI=1S/C30H57OPS2/c1-2-3-4-5-6-7-11-14-17-23-28-32(31,33,34)29-24-18-15-12-9-8-10-13-16-20-25-30-26-21-19-22-27-30/h19,21-22,26-27,31,33-34H,2-18,20,23-25,28-29H2,1H3. The van der Waals surface area contributed by atoms with Gasteiger partial charge in [-0.15, -0.1) is 0 Å². The molecule has 1 rings (SSSR count). The monoisotopic (exact) mass is 528 g/mol. The minimum atomic E-state index is -3.00. The first-order valence-electron chi connectivity index (χ1n) is 14.7. The van der Waals surface area contributed by atoms with Crippen LogP contribution in [0.3, 0.4) is 0 Å². The summed E-state index contributed by atoms with van der Waals surface area (Å²) < 4.78 is 0. The van der Waals surface area contributed by atoms with Gasteiger partial charge in [0.25, 0.3) is 0 Å². The van der Waals surface area contributed by atoms with Gasteiger partial charge in [-0.05, 0) is 5.56 Å². The fourth-order valence-electron chi connectivity index (χ4n) is 4.86. The van der Waals surface area contributed by atoms with Gasteiger partial charge >= 0.3 is 189 Å². The van der Waals surface area contributed by atoms with E-state index in [2.05, 4.69) is 37.3 Å². The maximum atomic E-state index is 11.0. The molecule has 0 amide bonds. The van der Waals surface area contributed by atoms with Gasteiger partial charge in [0.1, 0.15) is 0 Å². The third-order valence-electron chi connectivity index (χ3n) is 7.14. The Labute approximate surface area is 224 Å². The van der Waals surface area contributed by atoms with Crippen LogP contribution < -0.4 is 0 Å². The molecule has 0 saturated carbocycles. The van der Waals surface area contributed by atoms with E-state index in [4.69, 9.17) is 24.5 Å². The van der Waals surface area contributed by atoms with E-state index in [9.17, 15) is 4.89 Å². The van der Waals surface area contributed by atoms with E-state index in [1.807, 2.05) is 0 Å². The maximum absolute atomic E-state index is 11.0. The Bertz CT molecular complexity index is 570. The summed E-state index contributed by atoms with van der Waals surface area (Å²) in [5.41, 5.74) is 1.48. The summed E-state index contributed by atoms with van der Waals surface area (Å²) in [5.74, 6) is 0. The fraction of sp³-hybridized carbons (Fsp3) is 0.800. The van der Waals surface area contributed by atoms with Gasteiger partial charge in [-0.2, -0.15) is 0 Å². The van der Waals surface area contributed by atoms with Gasteiger partial charge in [0.15, 0.2) is 0 Å². The fourth-order valence-corrected chi connectivity index (χ4v) is 8.52. The third-order valence-corrected chi connectivity index (χ3v) is 12.0. The van der Waals surface area contributed by atoms with Crippen LogP contribution in [-0.4, -0.2) is 17.2 Å². The normalized spacial score (nSPS) is 13.1. The quantitative estimate of drug-likeness (QED) is 0.0692. The molecular weight excluding hydrogens is 471 g/mol.